The first-order valence-corrected chi connectivity index (χ1v) is 16.1. The molecule has 0 heterocycles. The van der Waals surface area contributed by atoms with E-state index in [4.69, 9.17) is 14.3 Å². The number of nitrogens with zero attached hydrogens (tertiary/aromatic N) is 1. The first-order chi connectivity index (χ1) is 20.1. The maximum atomic E-state index is 13.8. The molecule has 5 aliphatic carbocycles. The molecule has 43 heavy (non-hydrogen) atoms. The summed E-state index contributed by atoms with van der Waals surface area (Å²) < 4.78 is 11.9. The Morgan fingerprint density at radius 1 is 1.12 bits per heavy atom. The SMILES string of the molecule is C=C(C(=O)[C@H](OC(C)=O)C(C)[C@H]1[C@@H](OC(C)=O)C[C@@]2(C)[C@@H]3CC[C@H]4[C@H](C)/C(=N/OC)C=CC45CC35CC[C@]12C)[C@@H](C)CO. The number of allylic oxidation sites excluding steroid dienone is 2. The lowest BCUT2D eigenvalue weighted by molar-refractivity contribution is -0.166. The Labute approximate surface area is 256 Å². The van der Waals surface area contributed by atoms with Gasteiger partial charge < -0.3 is 19.4 Å². The third-order valence-electron chi connectivity index (χ3n) is 13.3. The number of fused-ring (bicyclic) bond motifs is 2. The number of Topliss-reactive ketones (excluding diaryl/α,β-unsaturated/α-hetero) is 1. The Balaban J connectivity index is 1.53. The van der Waals surface area contributed by atoms with Crippen molar-refractivity contribution < 1.29 is 33.8 Å². The topological polar surface area (TPSA) is 111 Å². The predicted octanol–water partition coefficient (Wildman–Crippen LogP) is 5.68. The number of aliphatic hydroxyl groups is 1. The molecule has 12 atom stereocenters. The number of ether oxygens (including phenoxy) is 2. The van der Waals surface area contributed by atoms with E-state index in [1.54, 1.807) is 14.0 Å². The van der Waals surface area contributed by atoms with Gasteiger partial charge in [-0.05, 0) is 83.7 Å². The van der Waals surface area contributed by atoms with Gasteiger partial charge >= 0.3 is 11.9 Å². The molecular formula is C35H51NO7. The zero-order valence-electron chi connectivity index (χ0n) is 27.3. The van der Waals surface area contributed by atoms with Crippen LogP contribution in [0.15, 0.2) is 29.5 Å². The molecule has 4 fully saturated rings. The van der Waals surface area contributed by atoms with Gasteiger partial charge in [-0.15, -0.1) is 0 Å². The molecular weight excluding hydrogens is 546 g/mol. The van der Waals surface area contributed by atoms with Gasteiger partial charge in [0.15, 0.2) is 11.9 Å². The molecule has 0 radical (unpaired) electrons. The lowest BCUT2D eigenvalue weighted by Gasteiger charge is -2.61. The molecule has 3 unspecified atom stereocenters. The van der Waals surface area contributed by atoms with E-state index in [0.29, 0.717) is 17.8 Å². The Morgan fingerprint density at radius 3 is 2.42 bits per heavy atom. The van der Waals surface area contributed by atoms with Gasteiger partial charge in [0.2, 0.25) is 0 Å². The van der Waals surface area contributed by atoms with E-state index in [-0.39, 0.29) is 51.5 Å². The molecule has 0 aromatic heterocycles. The average Bonchev–Trinajstić information content (AvgIpc) is 3.55. The molecule has 0 saturated heterocycles. The van der Waals surface area contributed by atoms with Crippen LogP contribution in [0, 0.1) is 57.2 Å². The predicted molar refractivity (Wildman–Crippen MR) is 163 cm³/mol. The summed E-state index contributed by atoms with van der Waals surface area (Å²) in [4.78, 5) is 43.8. The maximum Gasteiger partial charge on any atom is 0.303 e. The largest absolute Gasteiger partial charge is 0.462 e. The van der Waals surface area contributed by atoms with E-state index >= 15 is 0 Å². The lowest BCUT2D eigenvalue weighted by Crippen LogP contribution is -2.56. The van der Waals surface area contributed by atoms with E-state index in [9.17, 15) is 19.5 Å². The van der Waals surface area contributed by atoms with Crippen molar-refractivity contribution in [3.63, 3.8) is 0 Å². The molecule has 238 valence electrons. The minimum atomic E-state index is -1.07. The fourth-order valence-corrected chi connectivity index (χ4v) is 11.2. The van der Waals surface area contributed by atoms with Crippen molar-refractivity contribution >= 4 is 23.4 Å². The zero-order chi connectivity index (χ0) is 31.7. The lowest BCUT2D eigenvalue weighted by atomic mass is 9.43. The number of carbonyl (C=O) groups excluding carboxylic acids is 3. The van der Waals surface area contributed by atoms with Crippen LogP contribution in [0.25, 0.3) is 0 Å². The van der Waals surface area contributed by atoms with Crippen LogP contribution in [-0.4, -0.2) is 54.5 Å². The summed E-state index contributed by atoms with van der Waals surface area (Å²) in [6.45, 7) is 17.2. The fraction of sp³-hybridized carbons (Fsp3) is 0.771. The van der Waals surface area contributed by atoms with E-state index < -0.39 is 30.0 Å². The van der Waals surface area contributed by atoms with Crippen LogP contribution in [0.1, 0.15) is 87.0 Å². The molecule has 4 saturated carbocycles. The van der Waals surface area contributed by atoms with Crippen LogP contribution in [0.4, 0.5) is 0 Å². The number of ketones is 1. The van der Waals surface area contributed by atoms with Gasteiger partial charge in [0.25, 0.3) is 0 Å². The van der Waals surface area contributed by atoms with Crippen LogP contribution in [-0.2, 0) is 28.7 Å². The van der Waals surface area contributed by atoms with Gasteiger partial charge in [0.1, 0.15) is 13.2 Å². The van der Waals surface area contributed by atoms with Crippen molar-refractivity contribution in [3.8, 4) is 0 Å². The molecule has 5 aliphatic rings. The van der Waals surface area contributed by atoms with Gasteiger partial charge in [-0.1, -0.05) is 52.4 Å². The van der Waals surface area contributed by atoms with Gasteiger partial charge in [-0.25, -0.2) is 0 Å². The smallest absolute Gasteiger partial charge is 0.303 e. The normalized spacial score (nSPS) is 43.7. The van der Waals surface area contributed by atoms with Crippen molar-refractivity contribution in [1.29, 1.82) is 0 Å². The fourth-order valence-electron chi connectivity index (χ4n) is 11.2. The molecule has 5 rings (SSSR count). The summed E-state index contributed by atoms with van der Waals surface area (Å²) in [5.74, 6) is -1.01. The Kier molecular flexibility index (Phi) is 8.06. The van der Waals surface area contributed by atoms with Crippen LogP contribution < -0.4 is 0 Å². The first kappa shape index (κ1) is 31.9. The molecule has 0 amide bonds. The second-order valence-corrected chi connectivity index (χ2v) is 15.0. The molecule has 2 spiro atoms. The molecule has 1 N–H and O–H groups in total. The number of hydrogen-bond donors (Lipinski definition) is 1. The number of hydrogen-bond acceptors (Lipinski definition) is 8. The molecule has 0 aromatic rings. The molecule has 0 aromatic carbocycles. The number of oxime groups is 1. The summed E-state index contributed by atoms with van der Waals surface area (Å²) in [5.41, 5.74) is 1.22. The third kappa shape index (κ3) is 4.47. The highest BCUT2D eigenvalue weighted by Gasteiger charge is 2.81. The molecule has 0 bridgehead atoms. The highest BCUT2D eigenvalue weighted by Crippen LogP contribution is 2.87. The van der Waals surface area contributed by atoms with Crippen molar-refractivity contribution in [2.75, 3.05) is 13.7 Å². The van der Waals surface area contributed by atoms with Gasteiger partial charge in [-0.2, -0.15) is 0 Å². The molecule has 8 nitrogen and oxygen atoms in total. The van der Waals surface area contributed by atoms with Crippen LogP contribution >= 0.6 is 0 Å². The third-order valence-corrected chi connectivity index (χ3v) is 13.3. The molecule has 8 heteroatoms. The maximum absolute atomic E-state index is 13.8. The van der Waals surface area contributed by atoms with Crippen LogP contribution in [0.5, 0.6) is 0 Å². The van der Waals surface area contributed by atoms with E-state index in [1.807, 2.05) is 6.92 Å². The van der Waals surface area contributed by atoms with Gasteiger partial charge in [0.05, 0.1) is 5.71 Å². The Morgan fingerprint density at radius 2 is 1.81 bits per heavy atom. The Hall–Kier alpha value is -2.48. The van der Waals surface area contributed by atoms with Crippen molar-refractivity contribution in [2.24, 2.45) is 62.3 Å². The average molecular weight is 598 g/mol. The number of rotatable bonds is 9. The van der Waals surface area contributed by atoms with Gasteiger partial charge in [-0.3, -0.25) is 14.4 Å². The number of carbonyl (C=O) groups is 3. The highest BCUT2D eigenvalue weighted by molar-refractivity contribution is 6.00. The summed E-state index contributed by atoms with van der Waals surface area (Å²) in [7, 11) is 1.61. The Bertz CT molecular complexity index is 1260. The van der Waals surface area contributed by atoms with E-state index in [1.165, 1.54) is 20.3 Å². The summed E-state index contributed by atoms with van der Waals surface area (Å²) in [6, 6.07) is 0. The van der Waals surface area contributed by atoms with E-state index in [2.05, 4.69) is 44.7 Å². The zero-order valence-corrected chi connectivity index (χ0v) is 27.3. The number of aliphatic hydroxyl groups excluding tert-OH is 1. The van der Waals surface area contributed by atoms with Gasteiger partial charge in [0, 0.05) is 44.1 Å². The van der Waals surface area contributed by atoms with Crippen molar-refractivity contribution in [1.82, 2.24) is 0 Å². The molecule has 0 aliphatic heterocycles. The van der Waals surface area contributed by atoms with Crippen molar-refractivity contribution in [2.45, 2.75) is 99.2 Å². The minimum Gasteiger partial charge on any atom is -0.462 e. The number of esters is 2. The van der Waals surface area contributed by atoms with Crippen LogP contribution in [0.2, 0.25) is 0 Å². The van der Waals surface area contributed by atoms with Crippen molar-refractivity contribution in [3.05, 3.63) is 24.3 Å². The highest BCUT2D eigenvalue weighted by atomic mass is 16.6. The standard InChI is InChI=1S/C35H51NO7/c1-19(17-37)20(2)30(40)31(43-24(6)39)22(4)29-27(42-23(5)38)16-33(8)28-11-10-25-21(3)26(36-41-9)12-13-34(25)18-35(28,34)15-14-32(29,33)7/h12-13,19,21-22,25,27-29,31,37H,2,10-11,14-18H2,1,3-9H3/b36-26+/t19-,21-,22?,25-,27-,28-,29-,31+,32+,33-,34?,35?/m0/s1. The van der Waals surface area contributed by atoms with Crippen LogP contribution in [0.3, 0.4) is 0 Å². The second kappa shape index (κ2) is 10.8. The summed E-state index contributed by atoms with van der Waals surface area (Å²) in [6.07, 6.45) is 9.28. The minimum absolute atomic E-state index is 0.143. The second-order valence-electron chi connectivity index (χ2n) is 15.0. The monoisotopic (exact) mass is 597 g/mol. The quantitative estimate of drug-likeness (QED) is 0.207. The summed E-state index contributed by atoms with van der Waals surface area (Å²) in [5, 5.41) is 14.0. The van der Waals surface area contributed by atoms with E-state index in [0.717, 1.165) is 37.8 Å². The first-order valence-electron chi connectivity index (χ1n) is 16.1. The summed E-state index contributed by atoms with van der Waals surface area (Å²) >= 11 is 0.